The van der Waals surface area contributed by atoms with E-state index in [9.17, 15) is 45.9 Å². The Morgan fingerprint density at radius 1 is 1.12 bits per heavy atom. The van der Waals surface area contributed by atoms with Crippen LogP contribution in [-0.4, -0.2) is 98.4 Å². The molecule has 1 spiro atoms. The van der Waals surface area contributed by atoms with Gasteiger partial charge in [-0.2, -0.15) is 13.2 Å². The van der Waals surface area contributed by atoms with Crippen molar-refractivity contribution in [2.24, 2.45) is 5.92 Å². The Balaban J connectivity index is 1.32. The number of benzene rings is 1. The Bertz CT molecular complexity index is 2230. The predicted molar refractivity (Wildman–Crippen MR) is 207 cm³/mol. The highest BCUT2D eigenvalue weighted by Gasteiger charge is 2.65. The van der Waals surface area contributed by atoms with E-state index < -0.39 is 92.2 Å². The van der Waals surface area contributed by atoms with E-state index in [1.54, 1.807) is 25.1 Å². The van der Waals surface area contributed by atoms with Crippen molar-refractivity contribution < 1.29 is 55.0 Å². The molecule has 13 nitrogen and oxygen atoms in total. The third-order valence-corrected chi connectivity index (χ3v) is 15.4. The number of allylic oxidation sites excluding steroid dienone is 1. The number of carbonyl (C=O) groups excluding carboxylic acids is 3. The molecule has 5 aliphatic rings. The van der Waals surface area contributed by atoms with E-state index in [4.69, 9.17) is 4.74 Å². The number of aromatic nitrogens is 1. The monoisotopic (exact) mass is 849 g/mol. The second-order valence-corrected chi connectivity index (χ2v) is 19.9. The molecule has 3 aliphatic heterocycles. The molecule has 1 aromatic carbocycles. The second-order valence-electron chi connectivity index (χ2n) is 17.7. The molecule has 6 atom stereocenters. The SMILES string of the molecule is CCc1ccc2nc(C)c3c(c2c1)C(F)C[C@]1(C[C@H]2C(=O)N[C@]4(C(=O)NS(=O)(=O)C5(C)CC5)C[C@H]4/C=C\CCCCC[C@H](N(C(=O)O)C(C)(C)C(F)(F)F)C(=O)N2C1)O3. The number of carbonyl (C=O) groups is 4. The molecule has 1 aromatic heterocycles. The molecule has 18 heteroatoms. The zero-order chi connectivity index (χ0) is 43.1. The Kier molecular flexibility index (Phi) is 10.6. The lowest BCUT2D eigenvalue weighted by Gasteiger charge is -2.43. The summed E-state index contributed by atoms with van der Waals surface area (Å²) in [6, 6.07) is 1.97. The molecule has 322 valence electrons. The quantitative estimate of drug-likeness (QED) is 0.222. The van der Waals surface area contributed by atoms with E-state index in [1.165, 1.54) is 6.92 Å². The van der Waals surface area contributed by atoms with E-state index in [0.29, 0.717) is 69.0 Å². The zero-order valence-corrected chi connectivity index (χ0v) is 34.6. The zero-order valence-electron chi connectivity index (χ0n) is 33.7. The van der Waals surface area contributed by atoms with Crippen molar-refractivity contribution in [2.45, 2.75) is 151 Å². The standard InChI is InChI=1S/C41H51F4N5O8S/c1-6-24-14-15-28-26(18-24)31-27(42)20-39(58-32(31)23(2)46-28)21-30-33(51)47-40(35(53)48-59(56,57)38(5)16-17-38)19-25(40)12-10-8-7-9-11-13-29(34(52)49(30)22-39)50(36(54)55)37(3,4)41(43,44)45/h10,12,14-15,18,25,27,29-30H,6-9,11,13,16-17,19-22H2,1-5H3,(H,47,51)(H,48,53)(H,54,55)/b12-10-/t25-,27?,29+,30+,39-,40-/m1/s1. The molecule has 59 heavy (non-hydrogen) atoms. The van der Waals surface area contributed by atoms with Gasteiger partial charge in [-0.3, -0.25) is 24.0 Å². The van der Waals surface area contributed by atoms with Crippen molar-refractivity contribution in [1.29, 1.82) is 0 Å². The van der Waals surface area contributed by atoms with E-state index >= 15 is 4.39 Å². The van der Waals surface area contributed by atoms with Gasteiger partial charge in [-0.15, -0.1) is 0 Å². The largest absolute Gasteiger partial charge is 0.483 e. The molecule has 1 unspecified atom stereocenters. The number of rotatable bonds is 6. The van der Waals surface area contributed by atoms with E-state index in [1.807, 2.05) is 19.1 Å². The normalized spacial score (nSPS) is 30.2. The van der Waals surface area contributed by atoms with Crippen LogP contribution in [-0.2, 0) is 30.8 Å². The molecule has 1 saturated heterocycles. The molecule has 7 rings (SSSR count). The number of nitrogens with one attached hydrogen (secondary N) is 2. The molecular formula is C41H51F4N5O8S. The summed E-state index contributed by atoms with van der Waals surface area (Å²) in [7, 11) is -4.15. The van der Waals surface area contributed by atoms with Gasteiger partial charge in [0.1, 0.15) is 40.7 Å². The van der Waals surface area contributed by atoms with Crippen LogP contribution >= 0.6 is 0 Å². The van der Waals surface area contributed by atoms with Gasteiger partial charge in [0, 0.05) is 29.7 Å². The average molecular weight is 850 g/mol. The van der Waals surface area contributed by atoms with Gasteiger partial charge >= 0.3 is 12.3 Å². The van der Waals surface area contributed by atoms with Gasteiger partial charge in [0.25, 0.3) is 5.91 Å². The summed E-state index contributed by atoms with van der Waals surface area (Å²) in [5.41, 5.74) is -4.43. The summed E-state index contributed by atoms with van der Waals surface area (Å²) < 4.78 is 94.8. The molecule has 3 fully saturated rings. The first kappa shape index (κ1) is 42.6. The maximum absolute atomic E-state index is 16.9. The van der Waals surface area contributed by atoms with Gasteiger partial charge in [-0.25, -0.2) is 22.6 Å². The number of hydrogen-bond acceptors (Lipinski definition) is 8. The fourth-order valence-corrected chi connectivity index (χ4v) is 10.3. The van der Waals surface area contributed by atoms with Crippen molar-refractivity contribution in [3.05, 3.63) is 47.2 Å². The number of carboxylic acid groups (broad SMARTS) is 1. The summed E-state index contributed by atoms with van der Waals surface area (Å²) in [5, 5.41) is 13.6. The van der Waals surface area contributed by atoms with E-state index in [0.717, 1.165) is 10.5 Å². The van der Waals surface area contributed by atoms with Gasteiger partial charge < -0.3 is 20.1 Å². The number of alkyl halides is 4. The highest BCUT2D eigenvalue weighted by Crippen LogP contribution is 2.52. The molecule has 2 aliphatic carbocycles. The number of pyridine rings is 1. The van der Waals surface area contributed by atoms with Gasteiger partial charge in [0.15, 0.2) is 0 Å². The van der Waals surface area contributed by atoms with Gasteiger partial charge in [-0.1, -0.05) is 38.0 Å². The highest BCUT2D eigenvalue weighted by atomic mass is 32.2. The Morgan fingerprint density at radius 2 is 1.83 bits per heavy atom. The molecule has 0 radical (unpaired) electrons. The van der Waals surface area contributed by atoms with Crippen molar-refractivity contribution in [3.63, 3.8) is 0 Å². The topological polar surface area (TPSA) is 175 Å². The average Bonchev–Trinajstić information content (AvgIpc) is 4.04. The first-order valence-corrected chi connectivity index (χ1v) is 21.7. The molecule has 4 heterocycles. The molecule has 2 aromatic rings. The number of amides is 4. The number of fused-ring (bicyclic) bond motifs is 5. The van der Waals surface area contributed by atoms with Crippen LogP contribution in [0.4, 0.5) is 22.4 Å². The van der Waals surface area contributed by atoms with Crippen LogP contribution in [0.25, 0.3) is 10.9 Å². The van der Waals surface area contributed by atoms with Crippen LogP contribution in [0.5, 0.6) is 5.75 Å². The summed E-state index contributed by atoms with van der Waals surface area (Å²) in [6.45, 7) is 5.89. The molecular weight excluding hydrogens is 799 g/mol. The van der Waals surface area contributed by atoms with E-state index in [-0.39, 0.29) is 48.3 Å². The third kappa shape index (κ3) is 7.40. The van der Waals surface area contributed by atoms with Gasteiger partial charge in [-0.05, 0) is 90.3 Å². The Morgan fingerprint density at radius 3 is 2.47 bits per heavy atom. The predicted octanol–water partition coefficient (Wildman–Crippen LogP) is 6.32. The summed E-state index contributed by atoms with van der Waals surface area (Å²) >= 11 is 0. The van der Waals surface area contributed by atoms with Crippen LogP contribution in [0.3, 0.4) is 0 Å². The number of halogens is 4. The summed E-state index contributed by atoms with van der Waals surface area (Å²) in [5.74, 6) is -3.58. The maximum atomic E-state index is 16.9. The number of sulfonamides is 1. The molecule has 0 bridgehead atoms. The first-order valence-electron chi connectivity index (χ1n) is 20.2. The number of aryl methyl sites for hydroxylation is 2. The Hall–Kier alpha value is -4.48. The minimum Gasteiger partial charge on any atom is -0.483 e. The minimum atomic E-state index is -5.11. The lowest BCUT2D eigenvalue weighted by atomic mass is 9.85. The van der Waals surface area contributed by atoms with Crippen molar-refractivity contribution in [3.8, 4) is 5.75 Å². The van der Waals surface area contributed by atoms with Crippen LogP contribution in [0.1, 0.15) is 115 Å². The third-order valence-electron chi connectivity index (χ3n) is 13.2. The first-order chi connectivity index (χ1) is 27.5. The van der Waals surface area contributed by atoms with Crippen molar-refractivity contribution in [1.82, 2.24) is 24.8 Å². The second kappa shape index (κ2) is 14.6. The highest BCUT2D eigenvalue weighted by molar-refractivity contribution is 7.91. The smallest absolute Gasteiger partial charge is 0.411 e. The van der Waals surface area contributed by atoms with E-state index in [2.05, 4.69) is 15.0 Å². The number of nitrogens with zero attached hydrogens (tertiary/aromatic N) is 3. The van der Waals surface area contributed by atoms with Crippen molar-refractivity contribution >= 4 is 44.7 Å². The molecule has 2 saturated carbocycles. The summed E-state index contributed by atoms with van der Waals surface area (Å²) in [6.07, 6.45) is -3.55. The van der Waals surface area contributed by atoms with Crippen LogP contribution in [0.15, 0.2) is 30.4 Å². The van der Waals surface area contributed by atoms with Crippen LogP contribution in [0, 0.1) is 12.8 Å². The van der Waals surface area contributed by atoms with Gasteiger partial charge in [0.2, 0.25) is 21.8 Å². The lowest BCUT2D eigenvalue weighted by Crippen LogP contribution is -2.65. The maximum Gasteiger partial charge on any atom is 0.411 e. The summed E-state index contributed by atoms with van der Waals surface area (Å²) in [4.78, 5) is 62.1. The lowest BCUT2D eigenvalue weighted by molar-refractivity contribution is -0.220. The van der Waals surface area contributed by atoms with Crippen LogP contribution < -0.4 is 14.8 Å². The van der Waals surface area contributed by atoms with Gasteiger partial charge in [0.05, 0.1) is 22.5 Å². The van der Waals surface area contributed by atoms with Crippen molar-refractivity contribution in [2.75, 3.05) is 6.54 Å². The number of ether oxygens (including phenoxy) is 1. The Labute approximate surface area is 340 Å². The fourth-order valence-electron chi connectivity index (χ4n) is 8.98. The molecule has 4 amide bonds. The van der Waals surface area contributed by atoms with Crippen LogP contribution in [0.2, 0.25) is 0 Å². The number of hydrogen-bond donors (Lipinski definition) is 3. The fraction of sp³-hybridized carbons (Fsp3) is 0.634. The molecule has 3 N–H and O–H groups in total. The minimum absolute atomic E-state index is 0.0163.